The summed E-state index contributed by atoms with van der Waals surface area (Å²) in [4.78, 5) is 40.5. The molecule has 7 heteroatoms. The molecule has 126 valence electrons. The van der Waals surface area contributed by atoms with Crippen LogP contribution in [0, 0.1) is 0 Å². The van der Waals surface area contributed by atoms with Crippen molar-refractivity contribution in [2.75, 3.05) is 0 Å². The summed E-state index contributed by atoms with van der Waals surface area (Å²) in [7, 11) is 0. The molecule has 24 heavy (non-hydrogen) atoms. The van der Waals surface area contributed by atoms with Crippen LogP contribution in [-0.4, -0.2) is 32.1 Å². The van der Waals surface area contributed by atoms with Crippen LogP contribution in [0.3, 0.4) is 0 Å². The van der Waals surface area contributed by atoms with E-state index >= 15 is 0 Å². The Hall–Kier alpha value is -2.70. The van der Waals surface area contributed by atoms with Crippen LogP contribution in [0.15, 0.2) is 35.4 Å². The normalized spacial score (nSPS) is 16.7. The maximum Gasteiger partial charge on any atom is 0.329 e. The molecule has 1 aromatic heterocycles. The molecule has 1 aromatic carbocycles. The molecule has 0 aliphatic heterocycles. The van der Waals surface area contributed by atoms with Gasteiger partial charge in [0.05, 0.1) is 17.2 Å². The predicted octanol–water partition coefficient (Wildman–Crippen LogP) is 1.30. The van der Waals surface area contributed by atoms with Gasteiger partial charge in [0.1, 0.15) is 12.1 Å². The number of nitrogens with zero attached hydrogens (tertiary/aromatic N) is 2. The van der Waals surface area contributed by atoms with E-state index in [1.165, 1.54) is 10.9 Å². The standard InChI is InChI=1S/C17H19N3O4/c21-14(19-17(16(23)24)8-4-1-5-9-17)10-20-11-18-13-7-3-2-6-12(13)15(20)22/h2-3,6-7,11H,1,4-5,8-10H2,(H,19,21)(H,23,24). The number of fused-ring (bicyclic) bond motifs is 1. The second-order valence-corrected chi connectivity index (χ2v) is 6.19. The van der Waals surface area contributed by atoms with Crippen LogP contribution in [-0.2, 0) is 16.1 Å². The van der Waals surface area contributed by atoms with Gasteiger partial charge in [-0.2, -0.15) is 0 Å². The Balaban J connectivity index is 1.81. The number of benzene rings is 1. The summed E-state index contributed by atoms with van der Waals surface area (Å²) in [5.74, 6) is -1.50. The van der Waals surface area contributed by atoms with Crippen molar-refractivity contribution in [3.05, 3.63) is 40.9 Å². The van der Waals surface area contributed by atoms with E-state index in [0.29, 0.717) is 23.7 Å². The second-order valence-electron chi connectivity index (χ2n) is 6.19. The molecule has 3 rings (SSSR count). The van der Waals surface area contributed by atoms with Crippen molar-refractivity contribution in [3.63, 3.8) is 0 Å². The fourth-order valence-electron chi connectivity index (χ4n) is 3.23. The molecule has 1 amide bonds. The summed E-state index contributed by atoms with van der Waals surface area (Å²) in [6, 6.07) is 6.89. The molecule has 1 fully saturated rings. The van der Waals surface area contributed by atoms with Gasteiger partial charge in [-0.1, -0.05) is 31.4 Å². The van der Waals surface area contributed by atoms with E-state index in [-0.39, 0.29) is 12.1 Å². The van der Waals surface area contributed by atoms with Gasteiger partial charge in [0.25, 0.3) is 5.56 Å². The van der Waals surface area contributed by atoms with E-state index in [4.69, 9.17) is 0 Å². The third kappa shape index (κ3) is 3.02. The van der Waals surface area contributed by atoms with Gasteiger partial charge in [-0.3, -0.25) is 14.2 Å². The maximum absolute atomic E-state index is 12.4. The number of carbonyl (C=O) groups is 2. The molecule has 2 N–H and O–H groups in total. The smallest absolute Gasteiger partial charge is 0.329 e. The lowest BCUT2D eigenvalue weighted by Crippen LogP contribution is -2.56. The molecular weight excluding hydrogens is 310 g/mol. The minimum Gasteiger partial charge on any atom is -0.480 e. The van der Waals surface area contributed by atoms with Crippen molar-refractivity contribution >= 4 is 22.8 Å². The molecule has 1 heterocycles. The van der Waals surface area contributed by atoms with Gasteiger partial charge in [0.15, 0.2) is 0 Å². The molecule has 7 nitrogen and oxygen atoms in total. The van der Waals surface area contributed by atoms with E-state index in [2.05, 4.69) is 10.3 Å². The highest BCUT2D eigenvalue weighted by atomic mass is 16.4. The molecule has 1 aliphatic rings. The minimum absolute atomic E-state index is 0.244. The lowest BCUT2D eigenvalue weighted by molar-refractivity contribution is -0.149. The first-order chi connectivity index (χ1) is 11.5. The van der Waals surface area contributed by atoms with Crippen molar-refractivity contribution in [2.45, 2.75) is 44.2 Å². The Kier molecular flexibility index (Phi) is 4.33. The van der Waals surface area contributed by atoms with Gasteiger partial charge in [0.2, 0.25) is 5.91 Å². The fraction of sp³-hybridized carbons (Fsp3) is 0.412. The second kappa shape index (κ2) is 6.43. The SMILES string of the molecule is O=C(Cn1cnc2ccccc2c1=O)NC1(C(=O)O)CCCCC1. The Labute approximate surface area is 138 Å². The van der Waals surface area contributed by atoms with Gasteiger partial charge in [-0.15, -0.1) is 0 Å². The highest BCUT2D eigenvalue weighted by molar-refractivity contribution is 5.87. The number of aromatic nitrogens is 2. The first kappa shape index (κ1) is 16.2. The first-order valence-corrected chi connectivity index (χ1v) is 8.00. The van der Waals surface area contributed by atoms with Gasteiger partial charge >= 0.3 is 5.97 Å². The van der Waals surface area contributed by atoms with Crippen molar-refractivity contribution < 1.29 is 14.7 Å². The fourth-order valence-corrected chi connectivity index (χ4v) is 3.23. The molecule has 0 saturated heterocycles. The molecule has 0 radical (unpaired) electrons. The summed E-state index contributed by atoms with van der Waals surface area (Å²) in [5, 5.41) is 12.6. The van der Waals surface area contributed by atoms with Gasteiger partial charge in [-0.05, 0) is 25.0 Å². The van der Waals surface area contributed by atoms with Gasteiger partial charge in [0, 0.05) is 0 Å². The Morgan fingerprint density at radius 3 is 2.62 bits per heavy atom. The van der Waals surface area contributed by atoms with Crippen LogP contribution in [0.5, 0.6) is 0 Å². The monoisotopic (exact) mass is 329 g/mol. The largest absolute Gasteiger partial charge is 0.480 e. The quantitative estimate of drug-likeness (QED) is 0.880. The number of aliphatic carboxylic acids is 1. The Morgan fingerprint density at radius 1 is 1.21 bits per heavy atom. The number of hydrogen-bond acceptors (Lipinski definition) is 4. The van der Waals surface area contributed by atoms with Crippen LogP contribution in [0.2, 0.25) is 0 Å². The van der Waals surface area contributed by atoms with E-state index in [1.807, 2.05) is 0 Å². The molecule has 0 unspecified atom stereocenters. The van der Waals surface area contributed by atoms with Crippen molar-refractivity contribution in [1.82, 2.24) is 14.9 Å². The van der Waals surface area contributed by atoms with E-state index < -0.39 is 17.4 Å². The Morgan fingerprint density at radius 2 is 1.92 bits per heavy atom. The Bertz CT molecular complexity index is 837. The number of para-hydroxylation sites is 1. The maximum atomic E-state index is 12.4. The number of nitrogens with one attached hydrogen (secondary N) is 1. The zero-order valence-corrected chi connectivity index (χ0v) is 13.2. The molecule has 0 spiro atoms. The number of amides is 1. The third-order valence-corrected chi connectivity index (χ3v) is 4.54. The van der Waals surface area contributed by atoms with Crippen LogP contribution in [0.25, 0.3) is 10.9 Å². The molecule has 0 atom stereocenters. The van der Waals surface area contributed by atoms with Gasteiger partial charge in [-0.25, -0.2) is 9.78 Å². The number of carboxylic acid groups (broad SMARTS) is 1. The topological polar surface area (TPSA) is 101 Å². The molecule has 2 aromatic rings. The van der Waals surface area contributed by atoms with Crippen molar-refractivity contribution in [1.29, 1.82) is 0 Å². The van der Waals surface area contributed by atoms with Crippen LogP contribution in [0.1, 0.15) is 32.1 Å². The summed E-state index contributed by atoms with van der Waals surface area (Å²) in [6.07, 6.45) is 4.66. The van der Waals surface area contributed by atoms with E-state index in [0.717, 1.165) is 19.3 Å². The number of rotatable bonds is 4. The lowest BCUT2D eigenvalue weighted by Gasteiger charge is -2.34. The molecule has 0 bridgehead atoms. The van der Waals surface area contributed by atoms with Crippen molar-refractivity contribution in [3.8, 4) is 0 Å². The number of hydrogen-bond donors (Lipinski definition) is 2. The zero-order valence-electron chi connectivity index (χ0n) is 13.2. The molecule has 1 aliphatic carbocycles. The lowest BCUT2D eigenvalue weighted by atomic mass is 9.81. The van der Waals surface area contributed by atoms with Crippen LogP contribution >= 0.6 is 0 Å². The van der Waals surface area contributed by atoms with Crippen LogP contribution < -0.4 is 10.9 Å². The summed E-state index contributed by atoms with van der Waals surface area (Å²) < 4.78 is 1.20. The summed E-state index contributed by atoms with van der Waals surface area (Å²) >= 11 is 0. The highest BCUT2D eigenvalue weighted by Gasteiger charge is 2.40. The van der Waals surface area contributed by atoms with Crippen LogP contribution in [0.4, 0.5) is 0 Å². The minimum atomic E-state index is -1.22. The van der Waals surface area contributed by atoms with Crippen molar-refractivity contribution in [2.24, 2.45) is 0 Å². The first-order valence-electron chi connectivity index (χ1n) is 8.00. The predicted molar refractivity (Wildman–Crippen MR) is 87.6 cm³/mol. The number of carbonyl (C=O) groups excluding carboxylic acids is 1. The van der Waals surface area contributed by atoms with E-state index in [9.17, 15) is 19.5 Å². The van der Waals surface area contributed by atoms with E-state index in [1.54, 1.807) is 24.3 Å². The molecule has 1 saturated carbocycles. The average molecular weight is 329 g/mol. The third-order valence-electron chi connectivity index (χ3n) is 4.54. The summed E-state index contributed by atoms with van der Waals surface area (Å²) in [5.41, 5.74) is -0.972. The number of carboxylic acids is 1. The highest BCUT2D eigenvalue weighted by Crippen LogP contribution is 2.28. The van der Waals surface area contributed by atoms with Gasteiger partial charge < -0.3 is 10.4 Å². The average Bonchev–Trinajstić information content (AvgIpc) is 2.58. The molecular formula is C17H19N3O4. The zero-order chi connectivity index (χ0) is 17.2. The summed E-state index contributed by atoms with van der Waals surface area (Å²) in [6.45, 7) is -0.244.